The van der Waals surface area contributed by atoms with E-state index in [1.807, 2.05) is 20.8 Å². The van der Waals surface area contributed by atoms with Crippen LogP contribution in [0.5, 0.6) is 5.75 Å². The fourth-order valence-corrected chi connectivity index (χ4v) is 3.95. The number of benzene rings is 1. The average Bonchev–Trinajstić information content (AvgIpc) is 3.24. The Morgan fingerprint density at radius 2 is 2.10 bits per heavy atom. The molecular weight excluding hydrogens is 378 g/mol. The summed E-state index contributed by atoms with van der Waals surface area (Å²) in [6.45, 7) is 17.0. The van der Waals surface area contributed by atoms with Crippen molar-refractivity contribution in [3.05, 3.63) is 28.3 Å². The predicted octanol–water partition coefficient (Wildman–Crippen LogP) is 2.92. The summed E-state index contributed by atoms with van der Waals surface area (Å²) in [5.74, 6) is 7.44. The standard InChI is InChI=1S/C13H20N4O.C8H15NO.C2H6/c1-4-15-13(16-17-14)12-8(2)7-11-10(9(12)3)5-6-18-11;1-2-9-5-3-4-8(6-9)7-10;1-2/h7,17H,4-6,14H2,1-3H3,(H,15,16);7-8H,2-6H2,1H3;1-2H3. The number of carbonyl (C=O) groups is 1. The molecule has 170 valence electrons. The van der Waals surface area contributed by atoms with Crippen LogP contribution >= 0.6 is 0 Å². The van der Waals surface area contributed by atoms with Gasteiger partial charge in [0, 0.05) is 36.6 Å². The van der Waals surface area contributed by atoms with Gasteiger partial charge in [0.25, 0.3) is 0 Å². The molecular formula is C23H41N5O2. The van der Waals surface area contributed by atoms with Crippen molar-refractivity contribution in [3.8, 4) is 5.75 Å². The molecule has 2 aliphatic rings. The lowest BCUT2D eigenvalue weighted by molar-refractivity contribution is -0.112. The molecule has 0 aliphatic carbocycles. The van der Waals surface area contributed by atoms with Crippen molar-refractivity contribution in [3.63, 3.8) is 0 Å². The Balaban J connectivity index is 0.000000318. The number of piperidine rings is 1. The van der Waals surface area contributed by atoms with Crippen LogP contribution in [0.3, 0.4) is 0 Å². The van der Waals surface area contributed by atoms with Gasteiger partial charge in [-0.25, -0.2) is 0 Å². The summed E-state index contributed by atoms with van der Waals surface area (Å²) in [6.07, 6.45) is 4.35. The summed E-state index contributed by atoms with van der Waals surface area (Å²) < 4.78 is 5.61. The van der Waals surface area contributed by atoms with Crippen molar-refractivity contribution in [1.29, 1.82) is 0 Å². The molecule has 1 aromatic rings. The molecule has 1 aromatic carbocycles. The first kappa shape index (κ1) is 26.1. The number of hydrogen-bond acceptors (Lipinski definition) is 6. The van der Waals surface area contributed by atoms with Crippen molar-refractivity contribution in [2.45, 2.75) is 60.8 Å². The molecule has 1 atom stereocenters. The fraction of sp³-hybridized carbons (Fsp3) is 0.652. The lowest BCUT2D eigenvalue weighted by atomic mass is 9.95. The normalized spacial score (nSPS) is 18.2. The molecule has 0 saturated carbocycles. The smallest absolute Gasteiger partial charge is 0.144 e. The van der Waals surface area contributed by atoms with E-state index in [0.717, 1.165) is 61.5 Å². The van der Waals surface area contributed by atoms with Gasteiger partial charge in [0.15, 0.2) is 0 Å². The molecule has 2 heterocycles. The zero-order valence-corrected chi connectivity index (χ0v) is 19.7. The lowest BCUT2D eigenvalue weighted by Gasteiger charge is -2.28. The van der Waals surface area contributed by atoms with Crippen molar-refractivity contribution < 1.29 is 9.53 Å². The highest BCUT2D eigenvalue weighted by molar-refractivity contribution is 6.01. The highest BCUT2D eigenvalue weighted by atomic mass is 16.5. The number of hydrazine groups is 2. The number of nitrogens with one attached hydrogen (secondary N) is 2. The molecule has 4 N–H and O–H groups in total. The van der Waals surface area contributed by atoms with Crippen LogP contribution in [-0.4, -0.2) is 49.8 Å². The second-order valence-corrected chi connectivity index (χ2v) is 7.29. The average molecular weight is 420 g/mol. The molecule has 7 nitrogen and oxygen atoms in total. The van der Waals surface area contributed by atoms with Crippen LogP contribution in [0, 0.1) is 19.8 Å². The maximum Gasteiger partial charge on any atom is 0.144 e. The number of hydrogen-bond donors (Lipinski definition) is 3. The number of likely N-dealkylation sites (tertiary alicyclic amines) is 1. The fourth-order valence-electron chi connectivity index (χ4n) is 3.95. The first-order chi connectivity index (χ1) is 14.5. The summed E-state index contributed by atoms with van der Waals surface area (Å²) in [4.78, 5) is 17.2. The topological polar surface area (TPSA) is 92.0 Å². The van der Waals surface area contributed by atoms with Gasteiger partial charge in [-0.05, 0) is 63.9 Å². The van der Waals surface area contributed by atoms with Crippen molar-refractivity contribution >= 4 is 12.1 Å². The monoisotopic (exact) mass is 419 g/mol. The van der Waals surface area contributed by atoms with Gasteiger partial charge < -0.3 is 14.4 Å². The Labute approximate surface area is 182 Å². The second-order valence-electron chi connectivity index (χ2n) is 7.29. The van der Waals surface area contributed by atoms with Crippen LogP contribution < -0.4 is 21.5 Å². The molecule has 1 fully saturated rings. The molecule has 1 unspecified atom stereocenters. The van der Waals surface area contributed by atoms with Gasteiger partial charge in [-0.2, -0.15) is 5.53 Å². The predicted molar refractivity (Wildman–Crippen MR) is 125 cm³/mol. The van der Waals surface area contributed by atoms with E-state index in [1.165, 1.54) is 24.1 Å². The van der Waals surface area contributed by atoms with Crippen molar-refractivity contribution in [2.75, 3.05) is 32.8 Å². The largest absolute Gasteiger partial charge is 0.493 e. The van der Waals surface area contributed by atoms with Gasteiger partial charge in [-0.15, -0.1) is 0 Å². The Bertz CT molecular complexity index is 691. The molecule has 7 heteroatoms. The van der Waals surface area contributed by atoms with Crippen LogP contribution in [-0.2, 0) is 11.2 Å². The number of nitrogens with zero attached hydrogens (tertiary/aromatic N) is 2. The van der Waals surface area contributed by atoms with Crippen molar-refractivity contribution in [2.24, 2.45) is 16.8 Å². The van der Waals surface area contributed by atoms with Gasteiger partial charge in [0.05, 0.1) is 6.61 Å². The van der Waals surface area contributed by atoms with E-state index in [9.17, 15) is 4.79 Å². The van der Waals surface area contributed by atoms with Gasteiger partial charge in [-0.3, -0.25) is 16.3 Å². The van der Waals surface area contributed by atoms with E-state index in [0.29, 0.717) is 12.5 Å². The first-order valence-electron chi connectivity index (χ1n) is 11.3. The molecule has 0 radical (unpaired) electrons. The Morgan fingerprint density at radius 1 is 1.37 bits per heavy atom. The number of aryl methyl sites for hydroxylation is 1. The van der Waals surface area contributed by atoms with E-state index in [-0.39, 0.29) is 0 Å². The van der Waals surface area contributed by atoms with Gasteiger partial charge >= 0.3 is 0 Å². The molecule has 3 rings (SSSR count). The third kappa shape index (κ3) is 7.07. The molecule has 0 spiro atoms. The third-order valence-electron chi connectivity index (χ3n) is 5.40. The number of fused-ring (bicyclic) bond motifs is 1. The van der Waals surface area contributed by atoms with Crippen LogP contribution in [0.4, 0.5) is 0 Å². The highest BCUT2D eigenvalue weighted by Crippen LogP contribution is 2.32. The van der Waals surface area contributed by atoms with Crippen LogP contribution in [0.15, 0.2) is 11.1 Å². The summed E-state index contributed by atoms with van der Waals surface area (Å²) in [5, 5.41) is 0. The zero-order valence-electron chi connectivity index (χ0n) is 19.7. The maximum atomic E-state index is 10.4. The van der Waals surface area contributed by atoms with Gasteiger partial charge in [-0.1, -0.05) is 20.8 Å². The van der Waals surface area contributed by atoms with Crippen LogP contribution in [0.1, 0.15) is 62.8 Å². The van der Waals surface area contributed by atoms with E-state index >= 15 is 0 Å². The SMILES string of the molecule is CC.CCN1CCCC(C=O)C1.CCN=C(NNN)c1c(C)cc2c(c1C)CCO2. The maximum absolute atomic E-state index is 10.4. The summed E-state index contributed by atoms with van der Waals surface area (Å²) >= 11 is 0. The number of amidine groups is 1. The van der Waals surface area contributed by atoms with E-state index in [4.69, 9.17) is 10.6 Å². The Hall–Kier alpha value is -1.96. The summed E-state index contributed by atoms with van der Waals surface area (Å²) in [6, 6.07) is 2.08. The number of carbonyl (C=O) groups excluding carboxylic acids is 1. The molecule has 30 heavy (non-hydrogen) atoms. The number of nitrogens with two attached hydrogens (primary N) is 1. The number of aldehydes is 1. The lowest BCUT2D eigenvalue weighted by Crippen LogP contribution is -2.43. The van der Waals surface area contributed by atoms with E-state index in [2.05, 4.69) is 47.7 Å². The molecule has 0 aromatic heterocycles. The number of ether oxygens (including phenoxy) is 1. The van der Waals surface area contributed by atoms with Crippen LogP contribution in [0.2, 0.25) is 0 Å². The van der Waals surface area contributed by atoms with E-state index in [1.54, 1.807) is 0 Å². The Kier molecular flexibility index (Phi) is 12.3. The minimum atomic E-state index is 0.314. The molecule has 2 aliphatic heterocycles. The third-order valence-corrected chi connectivity index (χ3v) is 5.40. The zero-order chi connectivity index (χ0) is 22.5. The van der Waals surface area contributed by atoms with E-state index < -0.39 is 0 Å². The number of rotatable bonds is 5. The van der Waals surface area contributed by atoms with Crippen LogP contribution in [0.25, 0.3) is 0 Å². The van der Waals surface area contributed by atoms with Gasteiger partial charge in [0.2, 0.25) is 0 Å². The van der Waals surface area contributed by atoms with Gasteiger partial charge in [0.1, 0.15) is 17.9 Å². The highest BCUT2D eigenvalue weighted by Gasteiger charge is 2.21. The minimum Gasteiger partial charge on any atom is -0.493 e. The molecule has 0 amide bonds. The molecule has 1 saturated heterocycles. The number of aliphatic imine (C=N–C) groups is 1. The quantitative estimate of drug-likeness (QED) is 0.223. The van der Waals surface area contributed by atoms with Crippen molar-refractivity contribution in [1.82, 2.24) is 15.9 Å². The minimum absolute atomic E-state index is 0.314. The Morgan fingerprint density at radius 3 is 2.70 bits per heavy atom. The summed E-state index contributed by atoms with van der Waals surface area (Å²) in [7, 11) is 0. The summed E-state index contributed by atoms with van der Waals surface area (Å²) in [5.41, 5.74) is 10.1. The molecule has 0 bridgehead atoms. The first-order valence-corrected chi connectivity index (χ1v) is 11.3. The second kappa shape index (κ2) is 14.1.